The molecule has 122 valence electrons. The molecule has 0 aliphatic rings. The van der Waals surface area contributed by atoms with E-state index in [2.05, 4.69) is 20.2 Å². The van der Waals surface area contributed by atoms with Crippen molar-refractivity contribution in [2.45, 2.75) is 39.8 Å². The number of rotatable bonds is 6. The molecule has 1 unspecified atom stereocenters. The summed E-state index contributed by atoms with van der Waals surface area (Å²) in [6.45, 7) is 6.08. The predicted molar refractivity (Wildman–Crippen MR) is 89.5 cm³/mol. The molecule has 2 N–H and O–H groups in total. The van der Waals surface area contributed by atoms with Crippen LogP contribution in [-0.4, -0.2) is 27.4 Å². The fourth-order valence-electron chi connectivity index (χ4n) is 1.93. The Kier molecular flexibility index (Phi) is 5.81. The van der Waals surface area contributed by atoms with Gasteiger partial charge in [0.15, 0.2) is 0 Å². The lowest BCUT2D eigenvalue weighted by Gasteiger charge is -2.12. The number of aromatic nitrogens is 2. The van der Waals surface area contributed by atoms with Crippen LogP contribution in [0.4, 0.5) is 0 Å². The zero-order chi connectivity index (χ0) is 16.8. The lowest BCUT2D eigenvalue weighted by atomic mass is 10.1. The van der Waals surface area contributed by atoms with Gasteiger partial charge in [-0.2, -0.15) is 0 Å². The summed E-state index contributed by atoms with van der Waals surface area (Å²) >= 11 is 1.07. The van der Waals surface area contributed by atoms with Gasteiger partial charge in [0.25, 0.3) is 11.8 Å². The largest absolute Gasteiger partial charge is 0.350 e. The summed E-state index contributed by atoms with van der Waals surface area (Å²) < 4.78 is 3.75. The second kappa shape index (κ2) is 7.82. The van der Waals surface area contributed by atoms with Gasteiger partial charge < -0.3 is 10.6 Å². The maximum atomic E-state index is 12.1. The molecule has 1 aromatic carbocycles. The van der Waals surface area contributed by atoms with E-state index in [-0.39, 0.29) is 17.9 Å². The van der Waals surface area contributed by atoms with Crippen LogP contribution in [0.2, 0.25) is 0 Å². The van der Waals surface area contributed by atoms with E-state index in [4.69, 9.17) is 0 Å². The SMILES string of the molecule is CCC(C)NC(=O)c1cccc(CNC(=O)c2snnc2C)c1. The summed E-state index contributed by atoms with van der Waals surface area (Å²) in [6.07, 6.45) is 0.879. The minimum Gasteiger partial charge on any atom is -0.350 e. The van der Waals surface area contributed by atoms with E-state index in [9.17, 15) is 9.59 Å². The number of carbonyl (C=O) groups excluding carboxylic acids is 2. The number of hydrogen-bond donors (Lipinski definition) is 2. The van der Waals surface area contributed by atoms with Gasteiger partial charge in [-0.1, -0.05) is 23.5 Å². The van der Waals surface area contributed by atoms with E-state index in [1.165, 1.54) is 0 Å². The number of aryl methyl sites for hydroxylation is 1. The van der Waals surface area contributed by atoms with Crippen LogP contribution >= 0.6 is 11.5 Å². The van der Waals surface area contributed by atoms with Crippen molar-refractivity contribution in [1.29, 1.82) is 0 Å². The van der Waals surface area contributed by atoms with Gasteiger partial charge in [-0.05, 0) is 49.5 Å². The van der Waals surface area contributed by atoms with Gasteiger partial charge in [0.05, 0.1) is 5.69 Å². The fraction of sp³-hybridized carbons (Fsp3) is 0.375. The standard InChI is InChI=1S/C16H20N4O2S/c1-4-10(2)18-15(21)13-7-5-6-12(8-13)9-17-16(22)14-11(3)19-20-23-14/h5-8,10H,4,9H2,1-3H3,(H,17,22)(H,18,21). The van der Waals surface area contributed by atoms with Crippen LogP contribution in [0.1, 0.15) is 51.6 Å². The van der Waals surface area contributed by atoms with Crippen molar-refractivity contribution in [3.63, 3.8) is 0 Å². The molecule has 1 atom stereocenters. The highest BCUT2D eigenvalue weighted by atomic mass is 32.1. The first-order valence-corrected chi connectivity index (χ1v) is 8.25. The predicted octanol–water partition coefficient (Wildman–Crippen LogP) is 2.30. The number of hydrogen-bond acceptors (Lipinski definition) is 5. The number of amides is 2. The Morgan fingerprint density at radius 3 is 2.74 bits per heavy atom. The van der Waals surface area contributed by atoms with E-state index < -0.39 is 0 Å². The molecule has 6 nitrogen and oxygen atoms in total. The first-order chi connectivity index (χ1) is 11.0. The smallest absolute Gasteiger partial charge is 0.265 e. The zero-order valence-corrected chi connectivity index (χ0v) is 14.2. The summed E-state index contributed by atoms with van der Waals surface area (Å²) in [6, 6.07) is 7.37. The average Bonchev–Trinajstić information content (AvgIpc) is 2.98. The van der Waals surface area contributed by atoms with Gasteiger partial charge >= 0.3 is 0 Å². The summed E-state index contributed by atoms with van der Waals surface area (Å²) in [5.41, 5.74) is 2.08. The Morgan fingerprint density at radius 2 is 2.09 bits per heavy atom. The Morgan fingerprint density at radius 1 is 1.30 bits per heavy atom. The molecule has 23 heavy (non-hydrogen) atoms. The van der Waals surface area contributed by atoms with Gasteiger partial charge in [-0.25, -0.2) is 0 Å². The maximum absolute atomic E-state index is 12.1. The van der Waals surface area contributed by atoms with Crippen LogP contribution in [0, 0.1) is 6.92 Å². The van der Waals surface area contributed by atoms with E-state index >= 15 is 0 Å². The third-order valence-electron chi connectivity index (χ3n) is 3.49. The van der Waals surface area contributed by atoms with Crippen molar-refractivity contribution in [3.8, 4) is 0 Å². The Labute approximate surface area is 139 Å². The monoisotopic (exact) mass is 332 g/mol. The Bertz CT molecular complexity index is 699. The minimum atomic E-state index is -0.202. The molecule has 7 heteroatoms. The van der Waals surface area contributed by atoms with Crippen molar-refractivity contribution in [1.82, 2.24) is 20.2 Å². The minimum absolute atomic E-state index is 0.102. The molecule has 1 aromatic heterocycles. The molecular formula is C16H20N4O2S. The molecule has 2 amide bonds. The molecule has 0 bridgehead atoms. The lowest BCUT2D eigenvalue weighted by Crippen LogP contribution is -2.32. The molecule has 2 rings (SSSR count). The molecule has 0 aliphatic carbocycles. The molecule has 2 aromatic rings. The molecular weight excluding hydrogens is 312 g/mol. The highest BCUT2D eigenvalue weighted by molar-refractivity contribution is 7.07. The van der Waals surface area contributed by atoms with Crippen LogP contribution < -0.4 is 10.6 Å². The van der Waals surface area contributed by atoms with Crippen LogP contribution in [0.3, 0.4) is 0 Å². The fourth-order valence-corrected chi connectivity index (χ4v) is 2.51. The van der Waals surface area contributed by atoms with Crippen molar-refractivity contribution < 1.29 is 9.59 Å². The first-order valence-electron chi connectivity index (χ1n) is 7.48. The topological polar surface area (TPSA) is 84.0 Å². The van der Waals surface area contributed by atoms with Crippen LogP contribution in [-0.2, 0) is 6.54 Å². The van der Waals surface area contributed by atoms with Gasteiger partial charge in [0.1, 0.15) is 4.88 Å². The number of carbonyl (C=O) groups is 2. The number of nitrogens with zero attached hydrogens (tertiary/aromatic N) is 2. The number of nitrogens with one attached hydrogen (secondary N) is 2. The van der Waals surface area contributed by atoms with Crippen molar-refractivity contribution in [2.75, 3.05) is 0 Å². The van der Waals surface area contributed by atoms with E-state index in [1.54, 1.807) is 19.1 Å². The van der Waals surface area contributed by atoms with Gasteiger partial charge in [-0.3, -0.25) is 9.59 Å². The van der Waals surface area contributed by atoms with E-state index in [0.29, 0.717) is 22.7 Å². The maximum Gasteiger partial charge on any atom is 0.265 e. The first kappa shape index (κ1) is 17.1. The normalized spacial score (nSPS) is 11.8. The van der Waals surface area contributed by atoms with Gasteiger partial charge in [0.2, 0.25) is 0 Å². The average molecular weight is 332 g/mol. The highest BCUT2D eigenvalue weighted by Crippen LogP contribution is 2.10. The summed E-state index contributed by atoms with van der Waals surface area (Å²) in [7, 11) is 0. The third-order valence-corrected chi connectivity index (χ3v) is 4.32. The quantitative estimate of drug-likeness (QED) is 0.850. The summed E-state index contributed by atoms with van der Waals surface area (Å²) in [4.78, 5) is 24.7. The summed E-state index contributed by atoms with van der Waals surface area (Å²) in [5, 5.41) is 9.57. The molecule has 1 heterocycles. The molecule has 0 fully saturated rings. The molecule has 0 saturated carbocycles. The lowest BCUT2D eigenvalue weighted by molar-refractivity contribution is 0.0937. The Hall–Kier alpha value is -2.28. The van der Waals surface area contributed by atoms with Crippen LogP contribution in [0.25, 0.3) is 0 Å². The van der Waals surface area contributed by atoms with E-state index in [1.807, 2.05) is 26.0 Å². The van der Waals surface area contributed by atoms with Crippen molar-refractivity contribution >= 4 is 23.3 Å². The van der Waals surface area contributed by atoms with Gasteiger partial charge in [-0.15, -0.1) is 5.10 Å². The second-order valence-corrected chi connectivity index (χ2v) is 6.11. The molecule has 0 spiro atoms. The van der Waals surface area contributed by atoms with Gasteiger partial charge in [0, 0.05) is 18.2 Å². The number of benzene rings is 1. The molecule has 0 aliphatic heterocycles. The van der Waals surface area contributed by atoms with E-state index in [0.717, 1.165) is 23.5 Å². The molecule has 0 radical (unpaired) electrons. The highest BCUT2D eigenvalue weighted by Gasteiger charge is 2.13. The third kappa shape index (κ3) is 4.59. The zero-order valence-electron chi connectivity index (χ0n) is 13.4. The van der Waals surface area contributed by atoms with Crippen LogP contribution in [0.15, 0.2) is 24.3 Å². The van der Waals surface area contributed by atoms with Crippen molar-refractivity contribution in [3.05, 3.63) is 46.0 Å². The van der Waals surface area contributed by atoms with Crippen LogP contribution in [0.5, 0.6) is 0 Å². The Balaban J connectivity index is 1.99. The molecule has 0 saturated heterocycles. The summed E-state index contributed by atoms with van der Waals surface area (Å²) in [5.74, 6) is -0.304. The van der Waals surface area contributed by atoms with Crippen molar-refractivity contribution in [2.24, 2.45) is 0 Å². The second-order valence-electron chi connectivity index (χ2n) is 5.35.